The lowest BCUT2D eigenvalue weighted by Gasteiger charge is -1.96. The molecule has 0 unspecified atom stereocenters. The summed E-state index contributed by atoms with van der Waals surface area (Å²) in [6.45, 7) is 2.10. The van der Waals surface area contributed by atoms with Crippen LogP contribution in [0.15, 0.2) is 5.38 Å². The highest BCUT2D eigenvalue weighted by Gasteiger charge is 2.14. The molecule has 1 aromatic rings. The minimum absolute atomic E-state index is 0.257. The smallest absolute Gasteiger partial charge is 0.347 e. The van der Waals surface area contributed by atoms with Crippen molar-refractivity contribution < 1.29 is 9.90 Å². The van der Waals surface area contributed by atoms with Crippen molar-refractivity contribution in [2.75, 3.05) is 0 Å². The standard InChI is InChI=1S/C9H11ClO2S/c1-2-3-4-6-5-13-8(7(6)10)9(11)12/h5H,2-4H2,1H3,(H,11,12). The summed E-state index contributed by atoms with van der Waals surface area (Å²) in [7, 11) is 0. The Morgan fingerprint density at radius 1 is 1.69 bits per heavy atom. The van der Waals surface area contributed by atoms with E-state index in [9.17, 15) is 4.79 Å². The van der Waals surface area contributed by atoms with E-state index in [0.29, 0.717) is 5.02 Å². The van der Waals surface area contributed by atoms with E-state index in [1.54, 1.807) is 0 Å². The zero-order valence-electron chi connectivity index (χ0n) is 7.34. The second-order valence-corrected chi connectivity index (χ2v) is 4.07. The van der Waals surface area contributed by atoms with Gasteiger partial charge in [0.05, 0.1) is 5.02 Å². The predicted octanol–water partition coefficient (Wildman–Crippen LogP) is 3.44. The first kappa shape index (κ1) is 10.5. The number of thiophene rings is 1. The molecule has 2 nitrogen and oxygen atoms in total. The Bertz CT molecular complexity index is 307. The van der Waals surface area contributed by atoms with Crippen LogP contribution < -0.4 is 0 Å². The van der Waals surface area contributed by atoms with Gasteiger partial charge in [-0.05, 0) is 23.8 Å². The van der Waals surface area contributed by atoms with E-state index < -0.39 is 5.97 Å². The molecular formula is C9H11ClO2S. The van der Waals surface area contributed by atoms with Gasteiger partial charge in [0, 0.05) is 0 Å². The van der Waals surface area contributed by atoms with Gasteiger partial charge in [0.2, 0.25) is 0 Å². The lowest BCUT2D eigenvalue weighted by molar-refractivity contribution is 0.0702. The van der Waals surface area contributed by atoms with Crippen LogP contribution in [0.1, 0.15) is 35.0 Å². The van der Waals surface area contributed by atoms with Crippen LogP contribution >= 0.6 is 22.9 Å². The molecule has 0 amide bonds. The van der Waals surface area contributed by atoms with Gasteiger partial charge < -0.3 is 5.11 Å². The van der Waals surface area contributed by atoms with E-state index in [4.69, 9.17) is 16.7 Å². The van der Waals surface area contributed by atoms with Crippen LogP contribution in [0.3, 0.4) is 0 Å². The number of rotatable bonds is 4. The van der Waals surface area contributed by atoms with E-state index >= 15 is 0 Å². The topological polar surface area (TPSA) is 37.3 Å². The fourth-order valence-corrected chi connectivity index (χ4v) is 2.32. The number of carbonyl (C=O) groups is 1. The summed E-state index contributed by atoms with van der Waals surface area (Å²) in [6.07, 6.45) is 3.02. The third-order valence-corrected chi connectivity index (χ3v) is 3.35. The molecule has 0 aromatic carbocycles. The molecule has 1 N–H and O–H groups in total. The van der Waals surface area contributed by atoms with Crippen LogP contribution in [0.5, 0.6) is 0 Å². The molecule has 1 heterocycles. The third kappa shape index (κ3) is 2.45. The molecular weight excluding hydrogens is 208 g/mol. The van der Waals surface area contributed by atoms with Crippen molar-refractivity contribution in [3.05, 3.63) is 20.8 Å². The number of aromatic carboxylic acids is 1. The molecule has 1 aromatic heterocycles. The van der Waals surface area contributed by atoms with Crippen molar-refractivity contribution >= 4 is 28.9 Å². The fraction of sp³-hybridized carbons (Fsp3) is 0.444. The second kappa shape index (κ2) is 4.63. The molecule has 0 atom stereocenters. The maximum Gasteiger partial charge on any atom is 0.347 e. The number of halogens is 1. The van der Waals surface area contributed by atoms with E-state index in [2.05, 4.69) is 6.92 Å². The lowest BCUT2D eigenvalue weighted by Crippen LogP contribution is -1.93. The molecule has 0 aliphatic rings. The molecule has 4 heteroatoms. The van der Waals surface area contributed by atoms with Crippen molar-refractivity contribution in [2.45, 2.75) is 26.2 Å². The Kier molecular flexibility index (Phi) is 3.75. The molecule has 0 saturated heterocycles. The van der Waals surface area contributed by atoms with Gasteiger partial charge in [-0.2, -0.15) is 0 Å². The summed E-state index contributed by atoms with van der Waals surface area (Å²) >= 11 is 7.09. The SMILES string of the molecule is CCCCc1csc(C(=O)O)c1Cl. The van der Waals surface area contributed by atoms with E-state index in [0.717, 1.165) is 24.8 Å². The molecule has 0 fully saturated rings. The zero-order chi connectivity index (χ0) is 9.84. The van der Waals surface area contributed by atoms with Crippen molar-refractivity contribution in [1.29, 1.82) is 0 Å². The van der Waals surface area contributed by atoms with E-state index in [-0.39, 0.29) is 4.88 Å². The van der Waals surface area contributed by atoms with Crippen LogP contribution in [0, 0.1) is 0 Å². The summed E-state index contributed by atoms with van der Waals surface area (Å²) in [5.41, 5.74) is 0.964. The highest BCUT2D eigenvalue weighted by atomic mass is 35.5. The van der Waals surface area contributed by atoms with Gasteiger partial charge in [-0.1, -0.05) is 24.9 Å². The van der Waals surface area contributed by atoms with Gasteiger partial charge in [-0.3, -0.25) is 0 Å². The summed E-state index contributed by atoms with van der Waals surface area (Å²) < 4.78 is 0. The van der Waals surface area contributed by atoms with Gasteiger partial charge in [-0.25, -0.2) is 4.79 Å². The second-order valence-electron chi connectivity index (χ2n) is 2.81. The van der Waals surface area contributed by atoms with Crippen LogP contribution in [0.25, 0.3) is 0 Å². The van der Waals surface area contributed by atoms with Gasteiger partial charge >= 0.3 is 5.97 Å². The predicted molar refractivity (Wildman–Crippen MR) is 54.9 cm³/mol. The molecule has 0 radical (unpaired) electrons. The maximum atomic E-state index is 10.6. The van der Waals surface area contributed by atoms with E-state index in [1.807, 2.05) is 5.38 Å². The summed E-state index contributed by atoms with van der Waals surface area (Å²) in [5.74, 6) is -0.933. The number of aryl methyl sites for hydroxylation is 1. The highest BCUT2D eigenvalue weighted by Crippen LogP contribution is 2.28. The Balaban J connectivity index is 2.80. The quantitative estimate of drug-likeness (QED) is 0.841. The summed E-state index contributed by atoms with van der Waals surface area (Å²) in [6, 6.07) is 0. The van der Waals surface area contributed by atoms with Crippen LogP contribution in [0.4, 0.5) is 0 Å². The Morgan fingerprint density at radius 3 is 2.85 bits per heavy atom. The summed E-state index contributed by atoms with van der Waals surface area (Å²) in [4.78, 5) is 10.9. The van der Waals surface area contributed by atoms with Gasteiger partial charge in [0.1, 0.15) is 4.88 Å². The van der Waals surface area contributed by atoms with Gasteiger partial charge in [0.25, 0.3) is 0 Å². The van der Waals surface area contributed by atoms with E-state index in [1.165, 1.54) is 11.3 Å². The largest absolute Gasteiger partial charge is 0.477 e. The first-order valence-electron chi connectivity index (χ1n) is 4.16. The Labute approximate surface area is 86.2 Å². The molecule has 0 spiro atoms. The van der Waals surface area contributed by atoms with Crippen molar-refractivity contribution in [1.82, 2.24) is 0 Å². The minimum Gasteiger partial charge on any atom is -0.477 e. The third-order valence-electron chi connectivity index (χ3n) is 1.79. The van der Waals surface area contributed by atoms with Gasteiger partial charge in [0.15, 0.2) is 0 Å². The highest BCUT2D eigenvalue weighted by molar-refractivity contribution is 7.12. The number of unbranched alkanes of at least 4 members (excludes halogenated alkanes) is 1. The van der Waals surface area contributed by atoms with Crippen molar-refractivity contribution in [3.63, 3.8) is 0 Å². The molecule has 0 saturated carbocycles. The maximum absolute atomic E-state index is 10.6. The molecule has 13 heavy (non-hydrogen) atoms. The molecule has 0 aliphatic carbocycles. The first-order chi connectivity index (χ1) is 6.16. The van der Waals surface area contributed by atoms with Crippen LogP contribution in [-0.2, 0) is 6.42 Å². The summed E-state index contributed by atoms with van der Waals surface area (Å²) in [5, 5.41) is 11.0. The zero-order valence-corrected chi connectivity index (χ0v) is 8.91. The fourth-order valence-electron chi connectivity index (χ4n) is 1.06. The van der Waals surface area contributed by atoms with Crippen LogP contribution in [0.2, 0.25) is 5.02 Å². The number of carboxylic acid groups (broad SMARTS) is 1. The van der Waals surface area contributed by atoms with Crippen molar-refractivity contribution in [3.8, 4) is 0 Å². The average Bonchev–Trinajstić information content (AvgIpc) is 2.43. The molecule has 0 aliphatic heterocycles. The van der Waals surface area contributed by atoms with Crippen LogP contribution in [-0.4, -0.2) is 11.1 Å². The Hall–Kier alpha value is -0.540. The Morgan fingerprint density at radius 2 is 2.38 bits per heavy atom. The number of hydrogen-bond donors (Lipinski definition) is 1. The monoisotopic (exact) mass is 218 g/mol. The minimum atomic E-state index is -0.933. The molecule has 72 valence electrons. The van der Waals surface area contributed by atoms with Gasteiger partial charge in [-0.15, -0.1) is 11.3 Å². The first-order valence-corrected chi connectivity index (χ1v) is 5.41. The lowest BCUT2D eigenvalue weighted by atomic mass is 10.1. The number of hydrogen-bond acceptors (Lipinski definition) is 2. The number of carboxylic acids is 1. The van der Waals surface area contributed by atoms with Crippen molar-refractivity contribution in [2.24, 2.45) is 0 Å². The molecule has 1 rings (SSSR count). The average molecular weight is 219 g/mol. The molecule has 0 bridgehead atoms. The normalized spacial score (nSPS) is 10.3.